The Kier molecular flexibility index (Phi) is 5.68. The van der Waals surface area contributed by atoms with Crippen molar-refractivity contribution in [2.75, 3.05) is 6.54 Å². The summed E-state index contributed by atoms with van der Waals surface area (Å²) in [5.41, 5.74) is 0.499. The lowest BCUT2D eigenvalue weighted by Crippen LogP contribution is -2.41. The summed E-state index contributed by atoms with van der Waals surface area (Å²) in [5.74, 6) is -2.22. The van der Waals surface area contributed by atoms with Crippen LogP contribution in [0.25, 0.3) is 0 Å². The number of nitrogens with one attached hydrogen (secondary N) is 2. The normalized spacial score (nSPS) is 19.2. The van der Waals surface area contributed by atoms with Crippen LogP contribution in [-0.4, -0.2) is 40.4 Å². The molecule has 2 rings (SSSR count). The monoisotopic (exact) mass is 349 g/mol. The van der Waals surface area contributed by atoms with Gasteiger partial charge in [0, 0.05) is 23.2 Å². The predicted octanol–water partition coefficient (Wildman–Crippen LogP) is 1.00. The van der Waals surface area contributed by atoms with Crippen LogP contribution in [-0.2, 0) is 9.59 Å². The summed E-state index contributed by atoms with van der Waals surface area (Å²) in [5, 5.41) is 24.8. The van der Waals surface area contributed by atoms with Crippen molar-refractivity contribution < 1.29 is 24.4 Å². The molecular formula is C16H19N3O6. The van der Waals surface area contributed by atoms with Gasteiger partial charge in [-0.25, -0.2) is 0 Å². The molecule has 0 aromatic heterocycles. The highest BCUT2D eigenvalue weighted by atomic mass is 16.6. The highest BCUT2D eigenvalue weighted by molar-refractivity contribution is 5.96. The van der Waals surface area contributed by atoms with E-state index in [9.17, 15) is 24.5 Å². The van der Waals surface area contributed by atoms with Gasteiger partial charge in [-0.15, -0.1) is 0 Å². The molecule has 1 fully saturated rings. The number of hydrogen-bond donors (Lipinski definition) is 3. The van der Waals surface area contributed by atoms with E-state index in [0.717, 1.165) is 0 Å². The van der Waals surface area contributed by atoms with Crippen LogP contribution in [0.1, 0.15) is 35.2 Å². The maximum absolute atomic E-state index is 12.0. The van der Waals surface area contributed by atoms with Gasteiger partial charge in [0.05, 0.1) is 17.4 Å². The molecule has 1 saturated carbocycles. The SMILES string of the molecule is Cc1cc(C(=O)NCC(=O)N[C@H]2CC[C@@H](C(=O)O)C2)ccc1[N+](=O)[O-]. The van der Waals surface area contributed by atoms with Crippen molar-refractivity contribution in [3.8, 4) is 0 Å². The number of nitrogens with zero attached hydrogens (tertiary/aromatic N) is 1. The number of amides is 2. The van der Waals surface area contributed by atoms with Gasteiger partial charge in [0.2, 0.25) is 5.91 Å². The zero-order valence-corrected chi connectivity index (χ0v) is 13.7. The van der Waals surface area contributed by atoms with E-state index < -0.39 is 28.6 Å². The quantitative estimate of drug-likeness (QED) is 0.517. The van der Waals surface area contributed by atoms with E-state index in [1.807, 2.05) is 0 Å². The molecule has 0 aliphatic heterocycles. The molecule has 0 spiro atoms. The van der Waals surface area contributed by atoms with Crippen LogP contribution in [0, 0.1) is 23.0 Å². The van der Waals surface area contributed by atoms with Gasteiger partial charge < -0.3 is 15.7 Å². The number of carboxylic acid groups (broad SMARTS) is 1. The van der Waals surface area contributed by atoms with E-state index >= 15 is 0 Å². The molecule has 0 bridgehead atoms. The lowest BCUT2D eigenvalue weighted by molar-refractivity contribution is -0.385. The van der Waals surface area contributed by atoms with Crippen LogP contribution in [0.4, 0.5) is 5.69 Å². The topological polar surface area (TPSA) is 139 Å². The summed E-state index contributed by atoms with van der Waals surface area (Å²) in [6, 6.07) is 3.76. The lowest BCUT2D eigenvalue weighted by Gasteiger charge is -2.13. The van der Waals surface area contributed by atoms with Gasteiger partial charge in [0.15, 0.2) is 0 Å². The number of aryl methyl sites for hydroxylation is 1. The maximum Gasteiger partial charge on any atom is 0.306 e. The van der Waals surface area contributed by atoms with Crippen molar-refractivity contribution in [3.63, 3.8) is 0 Å². The van der Waals surface area contributed by atoms with Gasteiger partial charge in [0.1, 0.15) is 0 Å². The van der Waals surface area contributed by atoms with Crippen molar-refractivity contribution in [2.24, 2.45) is 5.92 Å². The molecule has 9 heteroatoms. The van der Waals surface area contributed by atoms with E-state index in [2.05, 4.69) is 10.6 Å². The first-order chi connectivity index (χ1) is 11.8. The van der Waals surface area contributed by atoms with E-state index in [1.165, 1.54) is 25.1 Å². The minimum atomic E-state index is -0.862. The number of aliphatic carboxylic acids is 1. The molecule has 134 valence electrons. The number of rotatable bonds is 6. The Labute approximate surface area is 143 Å². The Morgan fingerprint density at radius 1 is 1.32 bits per heavy atom. The number of carboxylic acids is 1. The Balaban J connectivity index is 1.83. The number of carbonyl (C=O) groups excluding carboxylic acids is 2. The summed E-state index contributed by atoms with van der Waals surface area (Å²) < 4.78 is 0. The van der Waals surface area contributed by atoms with Crippen LogP contribution < -0.4 is 10.6 Å². The summed E-state index contributed by atoms with van der Waals surface area (Å²) in [6.07, 6.45) is 1.50. The molecule has 1 aromatic carbocycles. The fraction of sp³-hybridized carbons (Fsp3) is 0.438. The van der Waals surface area contributed by atoms with Crippen LogP contribution in [0.2, 0.25) is 0 Å². The summed E-state index contributed by atoms with van der Waals surface area (Å²) in [6.45, 7) is 1.28. The molecular weight excluding hydrogens is 330 g/mol. The van der Waals surface area contributed by atoms with E-state index in [0.29, 0.717) is 24.8 Å². The molecule has 2 atom stereocenters. The third-order valence-electron chi connectivity index (χ3n) is 4.21. The minimum absolute atomic E-state index is 0.0801. The van der Waals surface area contributed by atoms with E-state index in [-0.39, 0.29) is 23.8 Å². The fourth-order valence-corrected chi connectivity index (χ4v) is 2.88. The van der Waals surface area contributed by atoms with Gasteiger partial charge >= 0.3 is 5.97 Å². The van der Waals surface area contributed by atoms with Crippen molar-refractivity contribution >= 4 is 23.5 Å². The number of nitro groups is 1. The van der Waals surface area contributed by atoms with Crippen LogP contribution >= 0.6 is 0 Å². The molecule has 2 amide bonds. The number of carbonyl (C=O) groups is 3. The Hall–Kier alpha value is -2.97. The highest BCUT2D eigenvalue weighted by Gasteiger charge is 2.30. The molecule has 0 unspecified atom stereocenters. The van der Waals surface area contributed by atoms with Crippen molar-refractivity contribution in [2.45, 2.75) is 32.2 Å². The van der Waals surface area contributed by atoms with Gasteiger partial charge in [-0.1, -0.05) is 0 Å². The third-order valence-corrected chi connectivity index (χ3v) is 4.21. The number of hydrogen-bond acceptors (Lipinski definition) is 5. The molecule has 25 heavy (non-hydrogen) atoms. The zero-order chi connectivity index (χ0) is 18.6. The second-order valence-corrected chi connectivity index (χ2v) is 6.05. The first-order valence-electron chi connectivity index (χ1n) is 7.83. The lowest BCUT2D eigenvalue weighted by atomic mass is 10.1. The Morgan fingerprint density at radius 2 is 2.04 bits per heavy atom. The van der Waals surface area contributed by atoms with Gasteiger partial charge in [0.25, 0.3) is 11.6 Å². The molecule has 3 N–H and O–H groups in total. The number of benzene rings is 1. The molecule has 1 aliphatic rings. The van der Waals surface area contributed by atoms with E-state index in [1.54, 1.807) is 0 Å². The summed E-state index contributed by atoms with van der Waals surface area (Å²) >= 11 is 0. The first kappa shape index (κ1) is 18.4. The minimum Gasteiger partial charge on any atom is -0.481 e. The van der Waals surface area contributed by atoms with Crippen LogP contribution in [0.5, 0.6) is 0 Å². The zero-order valence-electron chi connectivity index (χ0n) is 13.7. The van der Waals surface area contributed by atoms with Crippen molar-refractivity contribution in [1.29, 1.82) is 0 Å². The first-order valence-corrected chi connectivity index (χ1v) is 7.83. The van der Waals surface area contributed by atoms with E-state index in [4.69, 9.17) is 5.11 Å². The highest BCUT2D eigenvalue weighted by Crippen LogP contribution is 2.25. The molecule has 0 saturated heterocycles. The standard InChI is InChI=1S/C16H19N3O6/c1-9-6-10(3-5-13(9)19(24)25)15(21)17-8-14(20)18-12-4-2-11(7-12)16(22)23/h3,5-6,11-12H,2,4,7-8H2,1H3,(H,17,21)(H,18,20)(H,22,23)/t11-,12+/m1/s1. The average Bonchev–Trinajstić information content (AvgIpc) is 3.00. The van der Waals surface area contributed by atoms with Crippen LogP contribution in [0.15, 0.2) is 18.2 Å². The Bertz CT molecular complexity index is 718. The largest absolute Gasteiger partial charge is 0.481 e. The van der Waals surface area contributed by atoms with Gasteiger partial charge in [-0.2, -0.15) is 0 Å². The molecule has 0 radical (unpaired) electrons. The van der Waals surface area contributed by atoms with Crippen molar-refractivity contribution in [3.05, 3.63) is 39.4 Å². The second kappa shape index (κ2) is 7.73. The Morgan fingerprint density at radius 3 is 2.60 bits per heavy atom. The third kappa shape index (κ3) is 4.75. The molecule has 9 nitrogen and oxygen atoms in total. The smallest absolute Gasteiger partial charge is 0.306 e. The molecule has 0 heterocycles. The van der Waals surface area contributed by atoms with Crippen molar-refractivity contribution in [1.82, 2.24) is 10.6 Å². The average molecular weight is 349 g/mol. The molecule has 1 aliphatic carbocycles. The second-order valence-electron chi connectivity index (χ2n) is 6.05. The molecule has 1 aromatic rings. The van der Waals surface area contributed by atoms with Gasteiger partial charge in [-0.05, 0) is 38.3 Å². The van der Waals surface area contributed by atoms with Gasteiger partial charge in [-0.3, -0.25) is 24.5 Å². The summed E-state index contributed by atoms with van der Waals surface area (Å²) in [7, 11) is 0. The maximum atomic E-state index is 12.0. The number of nitro benzene ring substituents is 1. The fourth-order valence-electron chi connectivity index (χ4n) is 2.88. The van der Waals surface area contributed by atoms with Crippen LogP contribution in [0.3, 0.4) is 0 Å². The predicted molar refractivity (Wildman–Crippen MR) is 87.1 cm³/mol. The summed E-state index contributed by atoms with van der Waals surface area (Å²) in [4.78, 5) is 45.0.